The molecule has 0 saturated heterocycles. The van der Waals surface area contributed by atoms with Crippen molar-refractivity contribution in [2.75, 3.05) is 30.3 Å². The lowest BCUT2D eigenvalue weighted by molar-refractivity contribution is -0.123. The number of carbonyl (C=O) groups is 2. The number of alkyl halides is 2. The Morgan fingerprint density at radius 1 is 1.20 bits per heavy atom. The van der Waals surface area contributed by atoms with E-state index in [-0.39, 0.29) is 24.6 Å². The maximum atomic E-state index is 12.6. The summed E-state index contributed by atoms with van der Waals surface area (Å²) in [4.78, 5) is 22.2. The molecular formula is C13H19ClF2N4O4S. The van der Waals surface area contributed by atoms with Crippen LogP contribution in [0.1, 0.15) is 6.92 Å². The molecule has 142 valence electrons. The van der Waals surface area contributed by atoms with Crippen molar-refractivity contribution < 1.29 is 26.8 Å². The first kappa shape index (κ1) is 23.0. The van der Waals surface area contributed by atoms with Gasteiger partial charge in [-0.25, -0.2) is 8.42 Å². The number of rotatable bonds is 8. The molecule has 0 atom stereocenters. The number of nitrogens with one attached hydrogen (secondary N) is 3. The van der Waals surface area contributed by atoms with E-state index in [0.29, 0.717) is 12.2 Å². The van der Waals surface area contributed by atoms with Crippen LogP contribution in [0.5, 0.6) is 0 Å². The molecule has 0 aliphatic carbocycles. The number of hydrogen-bond donors (Lipinski definition) is 4. The zero-order chi connectivity index (χ0) is 18.3. The van der Waals surface area contributed by atoms with Crippen molar-refractivity contribution in [2.45, 2.75) is 17.6 Å². The summed E-state index contributed by atoms with van der Waals surface area (Å²) in [5.74, 6) is -4.79. The molecule has 12 heteroatoms. The van der Waals surface area contributed by atoms with E-state index < -0.39 is 38.8 Å². The minimum atomic E-state index is -4.80. The highest BCUT2D eigenvalue weighted by Crippen LogP contribution is 2.28. The van der Waals surface area contributed by atoms with Gasteiger partial charge < -0.3 is 21.7 Å². The highest BCUT2D eigenvalue weighted by atomic mass is 35.5. The van der Waals surface area contributed by atoms with Gasteiger partial charge >= 0.3 is 5.76 Å². The van der Waals surface area contributed by atoms with Crippen LogP contribution < -0.4 is 21.7 Å². The second-order valence-electron chi connectivity index (χ2n) is 4.57. The first-order chi connectivity index (χ1) is 11.2. The van der Waals surface area contributed by atoms with Crippen molar-refractivity contribution >= 4 is 45.4 Å². The van der Waals surface area contributed by atoms with E-state index in [1.165, 1.54) is 6.07 Å². The molecule has 2 amide bonds. The van der Waals surface area contributed by atoms with Gasteiger partial charge in [0, 0.05) is 6.54 Å². The molecule has 0 bridgehead atoms. The number of nitrogens with two attached hydrogens (primary N) is 1. The van der Waals surface area contributed by atoms with E-state index in [4.69, 9.17) is 5.73 Å². The molecule has 0 spiro atoms. The number of halogens is 3. The fourth-order valence-corrected chi connectivity index (χ4v) is 2.44. The molecule has 0 aliphatic heterocycles. The van der Waals surface area contributed by atoms with E-state index in [0.717, 1.165) is 12.1 Å². The Labute approximate surface area is 149 Å². The fraction of sp³-hybridized carbons (Fsp3) is 0.385. The number of anilines is 2. The summed E-state index contributed by atoms with van der Waals surface area (Å²) in [7, 11) is -4.80. The largest absolute Gasteiger partial charge is 0.384 e. The molecule has 1 aromatic rings. The first-order valence-corrected chi connectivity index (χ1v) is 8.43. The second-order valence-corrected chi connectivity index (χ2v) is 6.49. The van der Waals surface area contributed by atoms with Gasteiger partial charge in [0.25, 0.3) is 0 Å². The minimum Gasteiger partial charge on any atom is -0.384 e. The third kappa shape index (κ3) is 6.44. The van der Waals surface area contributed by atoms with Crippen LogP contribution in [0.25, 0.3) is 0 Å². The zero-order valence-corrected chi connectivity index (χ0v) is 14.8. The lowest BCUT2D eigenvalue weighted by Crippen LogP contribution is -2.36. The standard InChI is InChI=1S/C13H18F2N4O4S.ClH/c1-2-17-9-4-3-8(24(22,23)13(14)15)5-10(9)19-12(21)7-18-11(20)6-16;/h3-5,13,17H,2,6-7,16H2,1H3,(H,18,20)(H,19,21);1H. The average Bonchev–Trinajstić information content (AvgIpc) is 2.54. The summed E-state index contributed by atoms with van der Waals surface area (Å²) in [6.45, 7) is 1.52. The van der Waals surface area contributed by atoms with Gasteiger partial charge in [-0.05, 0) is 25.1 Å². The average molecular weight is 401 g/mol. The van der Waals surface area contributed by atoms with Gasteiger partial charge in [-0.2, -0.15) is 8.78 Å². The van der Waals surface area contributed by atoms with Crippen LogP contribution in [0, 0.1) is 0 Å². The molecule has 25 heavy (non-hydrogen) atoms. The maximum Gasteiger partial charge on any atom is 0.341 e. The Balaban J connectivity index is 0.00000576. The quantitative estimate of drug-likeness (QED) is 0.504. The Morgan fingerprint density at radius 2 is 1.84 bits per heavy atom. The number of carbonyl (C=O) groups excluding carboxylic acids is 2. The molecule has 0 aromatic heterocycles. The number of hydrogen-bond acceptors (Lipinski definition) is 6. The number of amides is 2. The molecule has 0 unspecified atom stereocenters. The van der Waals surface area contributed by atoms with Crippen molar-refractivity contribution in [3.05, 3.63) is 18.2 Å². The van der Waals surface area contributed by atoms with E-state index in [2.05, 4.69) is 16.0 Å². The predicted molar refractivity (Wildman–Crippen MR) is 91.7 cm³/mol. The number of benzene rings is 1. The lowest BCUT2D eigenvalue weighted by atomic mass is 10.2. The summed E-state index contributed by atoms with van der Waals surface area (Å²) in [5.41, 5.74) is 5.44. The normalized spacial score (nSPS) is 10.8. The molecular weight excluding hydrogens is 382 g/mol. The minimum absolute atomic E-state index is 0. The van der Waals surface area contributed by atoms with Crippen LogP contribution in [0.2, 0.25) is 0 Å². The Bertz CT molecular complexity index is 716. The van der Waals surface area contributed by atoms with Crippen molar-refractivity contribution in [3.8, 4) is 0 Å². The highest BCUT2D eigenvalue weighted by molar-refractivity contribution is 7.91. The third-order valence-electron chi connectivity index (χ3n) is 2.83. The van der Waals surface area contributed by atoms with Crippen LogP contribution in [-0.2, 0) is 19.4 Å². The first-order valence-electron chi connectivity index (χ1n) is 6.89. The Kier molecular flexibility index (Phi) is 9.31. The number of sulfone groups is 1. The van der Waals surface area contributed by atoms with Crippen molar-refractivity contribution in [2.24, 2.45) is 5.73 Å². The smallest absolute Gasteiger partial charge is 0.341 e. The van der Waals surface area contributed by atoms with Crippen LogP contribution in [0.15, 0.2) is 23.1 Å². The molecule has 5 N–H and O–H groups in total. The lowest BCUT2D eigenvalue weighted by Gasteiger charge is -2.14. The van der Waals surface area contributed by atoms with Crippen LogP contribution >= 0.6 is 12.4 Å². The van der Waals surface area contributed by atoms with Gasteiger partial charge in [-0.15, -0.1) is 12.4 Å². The summed E-state index contributed by atoms with van der Waals surface area (Å²) in [6.07, 6.45) is 0. The Morgan fingerprint density at radius 3 is 2.36 bits per heavy atom. The van der Waals surface area contributed by atoms with E-state index in [1.54, 1.807) is 6.92 Å². The molecule has 0 aliphatic rings. The molecule has 1 rings (SSSR count). The Hall–Kier alpha value is -1.98. The van der Waals surface area contributed by atoms with Crippen molar-refractivity contribution in [3.63, 3.8) is 0 Å². The van der Waals surface area contributed by atoms with Gasteiger partial charge in [0.1, 0.15) is 0 Å². The maximum absolute atomic E-state index is 12.6. The summed E-state index contributed by atoms with van der Waals surface area (Å²) in [6, 6.07) is 3.22. The van der Waals surface area contributed by atoms with Crippen molar-refractivity contribution in [1.29, 1.82) is 0 Å². The van der Waals surface area contributed by atoms with E-state index >= 15 is 0 Å². The van der Waals surface area contributed by atoms with Crippen molar-refractivity contribution in [1.82, 2.24) is 5.32 Å². The van der Waals surface area contributed by atoms with Gasteiger partial charge in [0.15, 0.2) is 0 Å². The molecule has 0 radical (unpaired) electrons. The molecule has 1 aromatic carbocycles. The third-order valence-corrected chi connectivity index (χ3v) is 4.21. The van der Waals surface area contributed by atoms with Gasteiger partial charge in [-0.3, -0.25) is 9.59 Å². The van der Waals surface area contributed by atoms with Gasteiger partial charge in [-0.1, -0.05) is 0 Å². The van der Waals surface area contributed by atoms with E-state index in [9.17, 15) is 26.8 Å². The molecule has 0 heterocycles. The molecule has 8 nitrogen and oxygen atoms in total. The SMILES string of the molecule is CCNc1ccc(S(=O)(=O)C(F)F)cc1NC(=O)CNC(=O)CN.Cl. The summed E-state index contributed by atoms with van der Waals surface area (Å²) >= 11 is 0. The fourth-order valence-electron chi connectivity index (χ4n) is 1.70. The predicted octanol–water partition coefficient (Wildman–Crippen LogP) is 0.550. The summed E-state index contributed by atoms with van der Waals surface area (Å²) < 4.78 is 48.4. The van der Waals surface area contributed by atoms with Gasteiger partial charge in [0.2, 0.25) is 21.7 Å². The summed E-state index contributed by atoms with van der Waals surface area (Å²) in [5, 5.41) is 7.45. The van der Waals surface area contributed by atoms with Gasteiger partial charge in [0.05, 0.1) is 29.4 Å². The molecule has 0 saturated carbocycles. The zero-order valence-electron chi connectivity index (χ0n) is 13.2. The second kappa shape index (κ2) is 10.1. The monoisotopic (exact) mass is 400 g/mol. The van der Waals surface area contributed by atoms with Crippen LogP contribution in [0.3, 0.4) is 0 Å². The highest BCUT2D eigenvalue weighted by Gasteiger charge is 2.27. The topological polar surface area (TPSA) is 130 Å². The molecule has 0 fully saturated rings. The van der Waals surface area contributed by atoms with Crippen LogP contribution in [0.4, 0.5) is 20.2 Å². The van der Waals surface area contributed by atoms with E-state index in [1.807, 2.05) is 0 Å². The van der Waals surface area contributed by atoms with Crippen LogP contribution in [-0.4, -0.2) is 45.6 Å².